The minimum absolute atomic E-state index is 0.340. The number of fused-ring (bicyclic) bond motifs is 1. The first-order valence-electron chi connectivity index (χ1n) is 8.41. The number of rotatable bonds is 4. The van der Waals surface area contributed by atoms with Gasteiger partial charge in [0.1, 0.15) is 18.2 Å². The fourth-order valence-electron chi connectivity index (χ4n) is 3.13. The van der Waals surface area contributed by atoms with E-state index in [0.717, 1.165) is 32.6 Å². The summed E-state index contributed by atoms with van der Waals surface area (Å²) in [5.41, 5.74) is 0.0343. The Hall–Kier alpha value is -3.21. The molecule has 1 N–H and O–H groups in total. The summed E-state index contributed by atoms with van der Waals surface area (Å²) in [6.07, 6.45) is 0. The summed E-state index contributed by atoms with van der Waals surface area (Å²) in [6.45, 7) is -0.464. The van der Waals surface area contributed by atoms with Gasteiger partial charge >= 0.3 is 0 Å². The predicted octanol–water partition coefficient (Wildman–Crippen LogP) is 2.66. The molecule has 1 saturated heterocycles. The van der Waals surface area contributed by atoms with E-state index >= 15 is 0 Å². The van der Waals surface area contributed by atoms with Gasteiger partial charge in [-0.25, -0.2) is 13.7 Å². The van der Waals surface area contributed by atoms with Gasteiger partial charge in [0.25, 0.3) is 11.8 Å². The SMILES string of the molecule is O=C(CN1N=N[C@@H]2C(=O)N(c3ccc(Br)cc3)C(=O)[C@H]21)Nc1cc(F)ccc1F. The molecule has 4 rings (SSSR count). The molecule has 8 nitrogen and oxygen atoms in total. The molecular weight excluding hydrogens is 452 g/mol. The van der Waals surface area contributed by atoms with Gasteiger partial charge in [-0.05, 0) is 36.4 Å². The molecule has 0 unspecified atom stereocenters. The van der Waals surface area contributed by atoms with Crippen molar-refractivity contribution >= 4 is 45.0 Å². The lowest BCUT2D eigenvalue weighted by Crippen LogP contribution is -2.43. The molecule has 2 aromatic carbocycles. The number of hydrogen-bond donors (Lipinski definition) is 1. The molecule has 0 aliphatic carbocycles. The van der Waals surface area contributed by atoms with Crippen molar-refractivity contribution in [2.45, 2.75) is 12.1 Å². The lowest BCUT2D eigenvalue weighted by Gasteiger charge is -2.20. The van der Waals surface area contributed by atoms with Gasteiger partial charge in [0.15, 0.2) is 12.1 Å². The van der Waals surface area contributed by atoms with Crippen molar-refractivity contribution in [3.05, 3.63) is 58.6 Å². The molecule has 0 radical (unpaired) electrons. The summed E-state index contributed by atoms with van der Waals surface area (Å²) in [6, 6.07) is 7.06. The Bertz CT molecular complexity index is 1050. The number of halogens is 3. The largest absolute Gasteiger partial charge is 0.322 e. The van der Waals surface area contributed by atoms with Crippen LogP contribution < -0.4 is 10.2 Å². The Morgan fingerprint density at radius 3 is 2.55 bits per heavy atom. The summed E-state index contributed by atoms with van der Waals surface area (Å²) < 4.78 is 27.7. The molecule has 148 valence electrons. The molecule has 2 aliphatic heterocycles. The molecule has 3 amide bonds. The highest BCUT2D eigenvalue weighted by Gasteiger charge is 2.55. The Balaban J connectivity index is 1.49. The maximum absolute atomic E-state index is 13.7. The number of hydrogen-bond acceptors (Lipinski definition) is 6. The van der Waals surface area contributed by atoms with E-state index < -0.39 is 48.0 Å². The molecule has 29 heavy (non-hydrogen) atoms. The van der Waals surface area contributed by atoms with Crippen LogP contribution in [0.2, 0.25) is 0 Å². The highest BCUT2D eigenvalue weighted by molar-refractivity contribution is 9.10. The third-order valence-electron chi connectivity index (χ3n) is 4.45. The van der Waals surface area contributed by atoms with Crippen LogP contribution in [0.15, 0.2) is 57.3 Å². The van der Waals surface area contributed by atoms with Crippen LogP contribution in [0.4, 0.5) is 20.2 Å². The Morgan fingerprint density at radius 1 is 1.10 bits per heavy atom. The number of imide groups is 1. The van der Waals surface area contributed by atoms with Crippen LogP contribution in [0, 0.1) is 11.6 Å². The third kappa shape index (κ3) is 3.48. The van der Waals surface area contributed by atoms with E-state index in [-0.39, 0.29) is 5.69 Å². The van der Waals surface area contributed by atoms with Crippen molar-refractivity contribution in [2.75, 3.05) is 16.8 Å². The zero-order valence-electron chi connectivity index (χ0n) is 14.6. The van der Waals surface area contributed by atoms with Crippen LogP contribution in [0.3, 0.4) is 0 Å². The fraction of sp³-hybridized carbons (Fsp3) is 0.167. The van der Waals surface area contributed by atoms with Crippen molar-refractivity contribution in [3.8, 4) is 0 Å². The Morgan fingerprint density at radius 2 is 1.83 bits per heavy atom. The first-order chi connectivity index (χ1) is 13.8. The number of carbonyl (C=O) groups excluding carboxylic acids is 3. The topological polar surface area (TPSA) is 94.4 Å². The zero-order chi connectivity index (χ0) is 20.7. The number of amides is 3. The Kier molecular flexibility index (Phi) is 4.82. The molecule has 0 bridgehead atoms. The minimum Gasteiger partial charge on any atom is -0.322 e. The van der Waals surface area contributed by atoms with Crippen molar-refractivity contribution < 1.29 is 23.2 Å². The van der Waals surface area contributed by atoms with Crippen molar-refractivity contribution in [1.82, 2.24) is 5.01 Å². The van der Waals surface area contributed by atoms with Crippen LogP contribution in [0.1, 0.15) is 0 Å². The standard InChI is InChI=1S/C18H12BrF2N5O3/c19-9-1-4-11(5-2-9)26-17(28)15-16(18(26)29)25(24-23-15)8-14(27)22-13-7-10(20)3-6-12(13)21/h1-7,15-16H,8H2,(H,22,27)/t15-,16-/m0/s1. The van der Waals surface area contributed by atoms with Crippen LogP contribution in [0.25, 0.3) is 0 Å². The van der Waals surface area contributed by atoms with Gasteiger partial charge in [-0.15, -0.1) is 0 Å². The number of nitrogens with one attached hydrogen (secondary N) is 1. The van der Waals surface area contributed by atoms with Gasteiger partial charge in [0.2, 0.25) is 5.91 Å². The van der Waals surface area contributed by atoms with Crippen LogP contribution in [-0.2, 0) is 14.4 Å². The molecule has 2 heterocycles. The van der Waals surface area contributed by atoms with E-state index in [4.69, 9.17) is 0 Å². The van der Waals surface area contributed by atoms with Gasteiger partial charge in [0, 0.05) is 10.5 Å². The van der Waals surface area contributed by atoms with E-state index in [9.17, 15) is 23.2 Å². The lowest BCUT2D eigenvalue weighted by atomic mass is 10.1. The van der Waals surface area contributed by atoms with Crippen molar-refractivity contribution in [3.63, 3.8) is 0 Å². The summed E-state index contributed by atoms with van der Waals surface area (Å²) >= 11 is 3.28. The van der Waals surface area contributed by atoms with Gasteiger partial charge in [-0.3, -0.25) is 19.4 Å². The summed E-state index contributed by atoms with van der Waals surface area (Å²) in [5.74, 6) is -3.39. The van der Waals surface area contributed by atoms with Gasteiger partial charge in [-0.1, -0.05) is 21.2 Å². The molecule has 1 fully saturated rings. The first kappa shape index (κ1) is 19.1. The number of carbonyl (C=O) groups is 3. The second-order valence-electron chi connectivity index (χ2n) is 6.35. The summed E-state index contributed by atoms with van der Waals surface area (Å²) in [5, 5.41) is 10.8. The second-order valence-corrected chi connectivity index (χ2v) is 7.27. The number of nitrogens with zero attached hydrogens (tertiary/aromatic N) is 4. The van der Waals surface area contributed by atoms with E-state index in [0.29, 0.717) is 5.69 Å². The normalized spacial score (nSPS) is 20.4. The van der Waals surface area contributed by atoms with Crippen molar-refractivity contribution in [1.29, 1.82) is 0 Å². The molecule has 0 aromatic heterocycles. The van der Waals surface area contributed by atoms with Crippen LogP contribution in [-0.4, -0.2) is 41.4 Å². The molecule has 2 atom stereocenters. The molecule has 0 spiro atoms. The lowest BCUT2D eigenvalue weighted by molar-refractivity contribution is -0.123. The molecule has 0 saturated carbocycles. The van der Waals surface area contributed by atoms with E-state index in [2.05, 4.69) is 31.6 Å². The zero-order valence-corrected chi connectivity index (χ0v) is 16.1. The van der Waals surface area contributed by atoms with E-state index in [1.54, 1.807) is 24.3 Å². The van der Waals surface area contributed by atoms with E-state index in [1.165, 1.54) is 0 Å². The molecular formula is C18H12BrF2N5O3. The predicted molar refractivity (Wildman–Crippen MR) is 101 cm³/mol. The highest BCUT2D eigenvalue weighted by atomic mass is 79.9. The average molecular weight is 464 g/mol. The highest BCUT2D eigenvalue weighted by Crippen LogP contribution is 2.32. The van der Waals surface area contributed by atoms with E-state index in [1.807, 2.05) is 0 Å². The molecule has 11 heteroatoms. The van der Waals surface area contributed by atoms with Crippen LogP contribution in [0.5, 0.6) is 0 Å². The number of benzene rings is 2. The number of anilines is 2. The smallest absolute Gasteiger partial charge is 0.263 e. The first-order valence-corrected chi connectivity index (χ1v) is 9.20. The third-order valence-corrected chi connectivity index (χ3v) is 4.98. The summed E-state index contributed by atoms with van der Waals surface area (Å²) in [7, 11) is 0. The van der Waals surface area contributed by atoms with Gasteiger partial charge < -0.3 is 5.32 Å². The quantitative estimate of drug-likeness (QED) is 0.705. The van der Waals surface area contributed by atoms with Gasteiger partial charge in [-0.2, -0.15) is 5.11 Å². The van der Waals surface area contributed by atoms with Crippen molar-refractivity contribution in [2.24, 2.45) is 10.3 Å². The second kappa shape index (κ2) is 7.32. The fourth-order valence-corrected chi connectivity index (χ4v) is 3.39. The monoisotopic (exact) mass is 463 g/mol. The average Bonchev–Trinajstić information content (AvgIpc) is 3.19. The maximum Gasteiger partial charge on any atom is 0.263 e. The maximum atomic E-state index is 13.7. The minimum atomic E-state index is -1.07. The summed E-state index contributed by atoms with van der Waals surface area (Å²) in [4.78, 5) is 38.7. The Labute approximate surface area is 171 Å². The van der Waals surface area contributed by atoms with Gasteiger partial charge in [0.05, 0.1) is 11.4 Å². The molecule has 2 aromatic rings. The molecule has 2 aliphatic rings. The van der Waals surface area contributed by atoms with Crippen LogP contribution >= 0.6 is 15.9 Å².